The normalized spacial score (nSPS) is 14.2. The van der Waals surface area contributed by atoms with Crippen molar-refractivity contribution in [3.05, 3.63) is 0 Å². The van der Waals surface area contributed by atoms with Crippen molar-refractivity contribution in [3.8, 4) is 0 Å². The molecule has 0 spiro atoms. The van der Waals surface area contributed by atoms with E-state index in [9.17, 15) is 4.79 Å². The van der Waals surface area contributed by atoms with E-state index in [1.165, 1.54) is 7.11 Å². The molecule has 4 nitrogen and oxygen atoms in total. The number of rotatable bonds is 5. The monoisotopic (exact) mass is 203 g/mol. The second-order valence-electron chi connectivity index (χ2n) is 4.35. The van der Waals surface area contributed by atoms with Gasteiger partial charge < -0.3 is 15.2 Å². The van der Waals surface area contributed by atoms with Crippen molar-refractivity contribution in [2.75, 3.05) is 13.7 Å². The van der Waals surface area contributed by atoms with Crippen molar-refractivity contribution in [2.45, 2.75) is 39.8 Å². The number of methoxy groups -OCH3 is 1. The summed E-state index contributed by atoms with van der Waals surface area (Å²) in [6, 6.07) is -0.647. The molecule has 0 aromatic heterocycles. The van der Waals surface area contributed by atoms with Crippen molar-refractivity contribution in [2.24, 2.45) is 11.1 Å². The van der Waals surface area contributed by atoms with Crippen molar-refractivity contribution in [1.29, 1.82) is 0 Å². The van der Waals surface area contributed by atoms with Crippen LogP contribution in [-0.4, -0.2) is 31.8 Å². The van der Waals surface area contributed by atoms with E-state index in [1.807, 2.05) is 27.7 Å². The van der Waals surface area contributed by atoms with Gasteiger partial charge in [-0.05, 0) is 13.8 Å². The third-order valence-electron chi connectivity index (χ3n) is 2.09. The van der Waals surface area contributed by atoms with Gasteiger partial charge in [-0.15, -0.1) is 0 Å². The van der Waals surface area contributed by atoms with E-state index in [-0.39, 0.29) is 6.10 Å². The van der Waals surface area contributed by atoms with E-state index in [1.54, 1.807) is 0 Å². The lowest BCUT2D eigenvalue weighted by molar-refractivity contribution is -0.146. The molecule has 0 aliphatic heterocycles. The van der Waals surface area contributed by atoms with Gasteiger partial charge in [-0.1, -0.05) is 13.8 Å². The molecule has 0 amide bonds. The highest BCUT2D eigenvalue weighted by molar-refractivity contribution is 5.76. The lowest BCUT2D eigenvalue weighted by Gasteiger charge is -2.30. The largest absolute Gasteiger partial charge is 0.468 e. The molecule has 1 unspecified atom stereocenters. The van der Waals surface area contributed by atoms with E-state index >= 15 is 0 Å². The van der Waals surface area contributed by atoms with Crippen LogP contribution < -0.4 is 5.73 Å². The topological polar surface area (TPSA) is 61.5 Å². The molecule has 2 N–H and O–H groups in total. The number of esters is 1. The molecule has 0 aromatic rings. The van der Waals surface area contributed by atoms with Crippen LogP contribution in [0.1, 0.15) is 27.7 Å². The van der Waals surface area contributed by atoms with Crippen molar-refractivity contribution >= 4 is 5.97 Å². The minimum absolute atomic E-state index is 0.138. The Hall–Kier alpha value is -0.610. The number of hydrogen-bond acceptors (Lipinski definition) is 4. The van der Waals surface area contributed by atoms with Crippen LogP contribution in [0.3, 0.4) is 0 Å². The van der Waals surface area contributed by atoms with Crippen LogP contribution in [0.15, 0.2) is 0 Å². The zero-order chi connectivity index (χ0) is 11.4. The summed E-state index contributed by atoms with van der Waals surface area (Å²) in [6.07, 6.45) is 0.138. The molecule has 4 heteroatoms. The molecular formula is C10H21NO3. The van der Waals surface area contributed by atoms with Crippen molar-refractivity contribution < 1.29 is 14.3 Å². The van der Waals surface area contributed by atoms with E-state index in [4.69, 9.17) is 10.5 Å². The summed E-state index contributed by atoms with van der Waals surface area (Å²) in [7, 11) is 1.33. The highest BCUT2D eigenvalue weighted by atomic mass is 16.5. The van der Waals surface area contributed by atoms with Crippen molar-refractivity contribution in [3.63, 3.8) is 0 Å². The van der Waals surface area contributed by atoms with Gasteiger partial charge in [0.2, 0.25) is 0 Å². The Morgan fingerprint density at radius 3 is 2.29 bits per heavy atom. The molecule has 1 atom stereocenters. The maximum absolute atomic E-state index is 11.2. The summed E-state index contributed by atoms with van der Waals surface area (Å²) >= 11 is 0. The third kappa shape index (κ3) is 4.07. The minimum atomic E-state index is -0.647. The number of hydrogen-bond donors (Lipinski definition) is 1. The molecule has 0 aliphatic rings. The lowest BCUT2D eigenvalue weighted by atomic mass is 9.86. The van der Waals surface area contributed by atoms with Crippen LogP contribution in [-0.2, 0) is 14.3 Å². The molecule has 0 heterocycles. The number of carbonyl (C=O) groups excluding carboxylic acids is 1. The first-order valence-electron chi connectivity index (χ1n) is 4.76. The minimum Gasteiger partial charge on any atom is -0.468 e. The van der Waals surface area contributed by atoms with Gasteiger partial charge in [0.15, 0.2) is 0 Å². The van der Waals surface area contributed by atoms with Crippen LogP contribution in [0.2, 0.25) is 0 Å². The summed E-state index contributed by atoms with van der Waals surface area (Å²) in [5.41, 5.74) is 5.33. The average molecular weight is 203 g/mol. The zero-order valence-electron chi connectivity index (χ0n) is 9.66. The van der Waals surface area contributed by atoms with E-state index < -0.39 is 17.4 Å². The Morgan fingerprint density at radius 1 is 1.43 bits per heavy atom. The Kier molecular flexibility index (Phi) is 5.08. The Morgan fingerprint density at radius 2 is 1.93 bits per heavy atom. The molecule has 0 aliphatic carbocycles. The molecular weight excluding hydrogens is 182 g/mol. The summed E-state index contributed by atoms with van der Waals surface area (Å²) in [4.78, 5) is 11.2. The summed E-state index contributed by atoms with van der Waals surface area (Å²) in [6.45, 7) is 8.11. The van der Waals surface area contributed by atoms with Crippen molar-refractivity contribution in [1.82, 2.24) is 0 Å². The number of ether oxygens (including phenoxy) is 2. The van der Waals surface area contributed by atoms with Crippen LogP contribution in [0, 0.1) is 5.41 Å². The Labute approximate surface area is 85.8 Å². The number of nitrogens with two attached hydrogens (primary N) is 1. The van der Waals surface area contributed by atoms with Gasteiger partial charge in [0, 0.05) is 5.41 Å². The molecule has 0 bridgehead atoms. The smallest absolute Gasteiger partial charge is 0.323 e. The molecule has 0 rings (SSSR count). The van der Waals surface area contributed by atoms with Crippen LogP contribution in [0.4, 0.5) is 0 Å². The quantitative estimate of drug-likeness (QED) is 0.675. The number of carbonyl (C=O) groups is 1. The van der Waals surface area contributed by atoms with Gasteiger partial charge in [0.1, 0.15) is 6.04 Å². The van der Waals surface area contributed by atoms with Gasteiger partial charge in [-0.25, -0.2) is 0 Å². The second-order valence-corrected chi connectivity index (χ2v) is 4.35. The van der Waals surface area contributed by atoms with E-state index in [0.717, 1.165) is 0 Å². The van der Waals surface area contributed by atoms with Gasteiger partial charge in [-0.2, -0.15) is 0 Å². The molecule has 0 fully saturated rings. The molecule has 0 saturated heterocycles. The predicted octanol–water partition coefficient (Wildman–Crippen LogP) is 0.938. The lowest BCUT2D eigenvalue weighted by Crippen LogP contribution is -2.47. The van der Waals surface area contributed by atoms with Gasteiger partial charge in [0.05, 0.1) is 19.8 Å². The summed E-state index contributed by atoms with van der Waals surface area (Å²) < 4.78 is 10.0. The van der Waals surface area contributed by atoms with E-state index in [2.05, 4.69) is 4.74 Å². The second kappa shape index (κ2) is 5.32. The fourth-order valence-electron chi connectivity index (χ4n) is 0.917. The highest BCUT2D eigenvalue weighted by Crippen LogP contribution is 2.21. The fraction of sp³-hybridized carbons (Fsp3) is 0.900. The molecule has 0 saturated carbocycles. The van der Waals surface area contributed by atoms with Crippen LogP contribution in [0.25, 0.3) is 0 Å². The van der Waals surface area contributed by atoms with Crippen LogP contribution in [0.5, 0.6) is 0 Å². The summed E-state index contributed by atoms with van der Waals surface area (Å²) in [5, 5.41) is 0. The molecule has 0 aromatic carbocycles. The first kappa shape index (κ1) is 13.4. The SMILES string of the molecule is COC(=O)C(N)C(C)(C)COC(C)C. The molecule has 14 heavy (non-hydrogen) atoms. The first-order valence-corrected chi connectivity index (χ1v) is 4.76. The highest BCUT2D eigenvalue weighted by Gasteiger charge is 2.33. The molecule has 0 radical (unpaired) electrons. The first-order chi connectivity index (χ1) is 6.31. The van der Waals surface area contributed by atoms with Crippen LogP contribution >= 0.6 is 0 Å². The van der Waals surface area contributed by atoms with Gasteiger partial charge in [0.25, 0.3) is 0 Å². The fourth-order valence-corrected chi connectivity index (χ4v) is 0.917. The van der Waals surface area contributed by atoms with Gasteiger partial charge in [-0.3, -0.25) is 4.79 Å². The predicted molar refractivity (Wildman–Crippen MR) is 54.9 cm³/mol. The maximum atomic E-state index is 11.2. The van der Waals surface area contributed by atoms with Gasteiger partial charge >= 0.3 is 5.97 Å². The Bertz CT molecular complexity index is 190. The molecule has 84 valence electrons. The van der Waals surface area contributed by atoms with E-state index in [0.29, 0.717) is 6.61 Å². The maximum Gasteiger partial charge on any atom is 0.323 e. The standard InChI is InChI=1S/C10H21NO3/c1-7(2)14-6-10(3,4)8(11)9(12)13-5/h7-8H,6,11H2,1-5H3. The summed E-state index contributed by atoms with van der Waals surface area (Å²) in [5.74, 6) is -0.401. The third-order valence-corrected chi connectivity index (χ3v) is 2.09. The zero-order valence-corrected chi connectivity index (χ0v) is 9.66. The average Bonchev–Trinajstić information content (AvgIpc) is 2.12. The Balaban J connectivity index is 4.22.